The highest BCUT2D eigenvalue weighted by molar-refractivity contribution is 7.15. The van der Waals surface area contributed by atoms with Crippen LogP contribution in [0.1, 0.15) is 46.7 Å². The van der Waals surface area contributed by atoms with Gasteiger partial charge in [0.05, 0.1) is 10.9 Å². The third-order valence-corrected chi connectivity index (χ3v) is 5.50. The number of rotatable bonds is 2. The third kappa shape index (κ3) is 3.26. The second-order valence-electron chi connectivity index (χ2n) is 6.61. The Morgan fingerprint density at radius 1 is 1.23 bits per heavy atom. The van der Waals surface area contributed by atoms with Crippen LogP contribution in [0.2, 0.25) is 0 Å². The number of hydrogen-bond donors (Lipinski definition) is 1. The molecule has 0 atom stereocenters. The van der Waals surface area contributed by atoms with Crippen molar-refractivity contribution in [2.24, 2.45) is 0 Å². The van der Waals surface area contributed by atoms with Gasteiger partial charge in [-0.1, -0.05) is 12.8 Å². The molecule has 0 aliphatic carbocycles. The summed E-state index contributed by atoms with van der Waals surface area (Å²) in [5, 5.41) is 3.93. The number of carbonyl (C=O) groups is 1. The van der Waals surface area contributed by atoms with Crippen molar-refractivity contribution in [1.82, 2.24) is 14.5 Å². The molecule has 1 amide bonds. The minimum absolute atomic E-state index is 0.00518. The Kier molecular flexibility index (Phi) is 4.55. The van der Waals surface area contributed by atoms with Crippen LogP contribution in [0.3, 0.4) is 0 Å². The predicted molar refractivity (Wildman–Crippen MR) is 103 cm³/mol. The summed E-state index contributed by atoms with van der Waals surface area (Å²) >= 11 is 1.43. The molecule has 26 heavy (non-hydrogen) atoms. The predicted octanol–water partition coefficient (Wildman–Crippen LogP) is 3.53. The summed E-state index contributed by atoms with van der Waals surface area (Å²) in [5.41, 5.74) is 1.06. The van der Waals surface area contributed by atoms with Gasteiger partial charge in [0.2, 0.25) is 0 Å². The molecule has 0 saturated carbocycles. The van der Waals surface area contributed by atoms with Crippen LogP contribution < -0.4 is 10.9 Å². The van der Waals surface area contributed by atoms with Crippen LogP contribution in [0, 0.1) is 6.92 Å². The Morgan fingerprint density at radius 2 is 2.08 bits per heavy atom. The van der Waals surface area contributed by atoms with Crippen molar-refractivity contribution < 1.29 is 4.79 Å². The monoisotopic (exact) mass is 368 g/mol. The number of benzene rings is 1. The van der Waals surface area contributed by atoms with Crippen molar-refractivity contribution in [3.05, 3.63) is 51.0 Å². The Hall–Kier alpha value is -2.54. The molecule has 0 radical (unpaired) electrons. The fourth-order valence-electron chi connectivity index (χ4n) is 3.32. The fourth-order valence-corrected chi connectivity index (χ4v) is 3.98. The molecule has 3 aromatic rings. The highest BCUT2D eigenvalue weighted by atomic mass is 32.1. The van der Waals surface area contributed by atoms with E-state index < -0.39 is 0 Å². The highest BCUT2D eigenvalue weighted by Crippen LogP contribution is 2.19. The molecule has 0 spiro atoms. The molecule has 0 unspecified atom stereocenters. The van der Waals surface area contributed by atoms with Crippen LogP contribution in [0.25, 0.3) is 10.9 Å². The Bertz CT molecular complexity index is 1040. The summed E-state index contributed by atoms with van der Waals surface area (Å²) < 4.78 is 1.81. The second-order valence-corrected chi connectivity index (χ2v) is 7.85. The van der Waals surface area contributed by atoms with Crippen LogP contribution in [0.15, 0.2) is 29.2 Å². The number of carbonyl (C=O) groups excluding carboxylic acids is 1. The molecule has 6 nitrogen and oxygen atoms in total. The van der Waals surface area contributed by atoms with E-state index in [1.165, 1.54) is 17.8 Å². The van der Waals surface area contributed by atoms with Gasteiger partial charge in [-0.3, -0.25) is 19.5 Å². The number of aryl methyl sites for hydroxylation is 2. The zero-order valence-electron chi connectivity index (χ0n) is 14.6. The summed E-state index contributed by atoms with van der Waals surface area (Å²) in [6.07, 6.45) is 6.90. The average molecular weight is 368 g/mol. The van der Waals surface area contributed by atoms with E-state index in [1.54, 1.807) is 29.0 Å². The quantitative estimate of drug-likeness (QED) is 0.751. The van der Waals surface area contributed by atoms with E-state index in [4.69, 9.17) is 4.98 Å². The maximum absolute atomic E-state index is 12.8. The molecule has 0 saturated heterocycles. The van der Waals surface area contributed by atoms with Crippen LogP contribution in [0.5, 0.6) is 0 Å². The highest BCUT2D eigenvalue weighted by Gasteiger charge is 2.15. The summed E-state index contributed by atoms with van der Waals surface area (Å²) in [6.45, 7) is 2.66. The van der Waals surface area contributed by atoms with Gasteiger partial charge in [-0.2, -0.15) is 0 Å². The van der Waals surface area contributed by atoms with Crippen molar-refractivity contribution in [2.45, 2.75) is 45.6 Å². The maximum atomic E-state index is 12.8. The first kappa shape index (κ1) is 16.9. The molecule has 4 rings (SSSR count). The van der Waals surface area contributed by atoms with Crippen molar-refractivity contribution >= 4 is 33.3 Å². The first-order valence-corrected chi connectivity index (χ1v) is 9.71. The lowest BCUT2D eigenvalue weighted by Crippen LogP contribution is -2.26. The molecule has 0 bridgehead atoms. The fraction of sp³-hybridized carbons (Fsp3) is 0.368. The number of thiazole rings is 1. The van der Waals surface area contributed by atoms with E-state index >= 15 is 0 Å². The van der Waals surface area contributed by atoms with Gasteiger partial charge in [-0.05, 0) is 38.0 Å². The number of amides is 1. The van der Waals surface area contributed by atoms with Crippen molar-refractivity contribution in [1.29, 1.82) is 0 Å². The molecule has 1 aliphatic rings. The average Bonchev–Trinajstić information content (AvgIpc) is 3.01. The van der Waals surface area contributed by atoms with Gasteiger partial charge in [-0.15, -0.1) is 11.3 Å². The second kappa shape index (κ2) is 6.99. The van der Waals surface area contributed by atoms with Gasteiger partial charge in [-0.25, -0.2) is 9.97 Å². The number of fused-ring (bicyclic) bond motifs is 2. The SMILES string of the molecule is Cc1cnc(NC(=O)c2ccc3c(=O)n4c(nc3c2)CCCCCC4)s1. The standard InChI is InChI=1S/C19H20N4O2S/c1-12-11-20-19(26-12)22-17(24)13-7-8-14-15(10-13)21-16-6-4-2-3-5-9-23(16)18(14)25/h7-8,10-11H,2-6,9H2,1H3,(H,20,22,24). The largest absolute Gasteiger partial charge is 0.298 e. The van der Waals surface area contributed by atoms with Gasteiger partial charge >= 0.3 is 0 Å². The lowest BCUT2D eigenvalue weighted by molar-refractivity contribution is 0.102. The van der Waals surface area contributed by atoms with E-state index in [2.05, 4.69) is 10.3 Å². The van der Waals surface area contributed by atoms with Gasteiger partial charge in [0.15, 0.2) is 5.13 Å². The van der Waals surface area contributed by atoms with Crippen LogP contribution in [0.4, 0.5) is 5.13 Å². The zero-order valence-corrected chi connectivity index (χ0v) is 15.4. The lowest BCUT2D eigenvalue weighted by Gasteiger charge is -2.16. The number of hydrogen-bond acceptors (Lipinski definition) is 5. The molecule has 1 N–H and O–H groups in total. The van der Waals surface area contributed by atoms with Crippen LogP contribution in [-0.4, -0.2) is 20.4 Å². The maximum Gasteiger partial charge on any atom is 0.261 e. The zero-order chi connectivity index (χ0) is 18.1. The van der Waals surface area contributed by atoms with Gasteiger partial charge < -0.3 is 0 Å². The van der Waals surface area contributed by atoms with E-state index in [9.17, 15) is 9.59 Å². The molecule has 3 heterocycles. The van der Waals surface area contributed by atoms with Crippen molar-refractivity contribution in [3.8, 4) is 0 Å². The van der Waals surface area contributed by atoms with Crippen LogP contribution >= 0.6 is 11.3 Å². The summed E-state index contributed by atoms with van der Waals surface area (Å²) in [5.74, 6) is 0.588. The van der Waals surface area contributed by atoms with E-state index in [0.717, 1.165) is 42.9 Å². The molecule has 0 fully saturated rings. The third-order valence-electron chi connectivity index (χ3n) is 4.67. The molecule has 134 valence electrons. The summed E-state index contributed by atoms with van der Waals surface area (Å²) in [6, 6.07) is 5.09. The molecule has 1 aliphatic heterocycles. The van der Waals surface area contributed by atoms with E-state index in [1.807, 2.05) is 6.92 Å². The van der Waals surface area contributed by atoms with Gasteiger partial charge in [0.25, 0.3) is 11.5 Å². The summed E-state index contributed by atoms with van der Waals surface area (Å²) in [7, 11) is 0. The Balaban J connectivity index is 1.71. The lowest BCUT2D eigenvalue weighted by atomic mass is 10.1. The topological polar surface area (TPSA) is 76.9 Å². The minimum atomic E-state index is -0.241. The Morgan fingerprint density at radius 3 is 2.88 bits per heavy atom. The first-order chi connectivity index (χ1) is 12.6. The molecule has 7 heteroatoms. The van der Waals surface area contributed by atoms with E-state index in [0.29, 0.717) is 21.6 Å². The number of nitrogens with one attached hydrogen (secondary N) is 1. The number of aromatic nitrogens is 3. The van der Waals surface area contributed by atoms with Crippen molar-refractivity contribution in [2.75, 3.05) is 5.32 Å². The molecular formula is C19H20N4O2S. The van der Waals surface area contributed by atoms with Gasteiger partial charge in [0.1, 0.15) is 5.82 Å². The smallest absolute Gasteiger partial charge is 0.261 e. The minimum Gasteiger partial charge on any atom is -0.298 e. The number of anilines is 1. The van der Waals surface area contributed by atoms with Crippen molar-refractivity contribution in [3.63, 3.8) is 0 Å². The number of nitrogens with zero attached hydrogens (tertiary/aromatic N) is 3. The van der Waals surface area contributed by atoms with E-state index in [-0.39, 0.29) is 11.5 Å². The normalized spacial score (nSPS) is 14.5. The first-order valence-electron chi connectivity index (χ1n) is 8.89. The molecular weight excluding hydrogens is 348 g/mol. The summed E-state index contributed by atoms with van der Waals surface area (Å²) in [4.78, 5) is 35.2. The van der Waals surface area contributed by atoms with Crippen LogP contribution in [-0.2, 0) is 13.0 Å². The molecule has 2 aromatic heterocycles. The van der Waals surface area contributed by atoms with Gasteiger partial charge in [0, 0.05) is 29.6 Å². The molecule has 1 aromatic carbocycles. The Labute approximate surface area is 154 Å².